The van der Waals surface area contributed by atoms with Crippen molar-refractivity contribution >= 4 is 5.97 Å². The molecule has 2 rings (SSSR count). The van der Waals surface area contributed by atoms with Gasteiger partial charge >= 0.3 is 5.97 Å². The number of benzene rings is 1. The number of hydrogen-bond acceptors (Lipinski definition) is 5. The van der Waals surface area contributed by atoms with E-state index < -0.39 is 5.97 Å². The standard InChI is InChI=1S/C15H19N3O3/c1-3-13-16-14(21-17-13)10-18(2)9-8-11-6-4-5-7-12(11)15(19)20/h4-7H,3,8-10H2,1-2H3,(H,19,20). The van der Waals surface area contributed by atoms with Gasteiger partial charge in [-0.05, 0) is 25.1 Å². The van der Waals surface area contributed by atoms with Gasteiger partial charge in [0.05, 0.1) is 12.1 Å². The molecule has 1 heterocycles. The van der Waals surface area contributed by atoms with E-state index >= 15 is 0 Å². The average Bonchev–Trinajstić information content (AvgIpc) is 2.93. The molecule has 0 bridgehead atoms. The van der Waals surface area contributed by atoms with Gasteiger partial charge in [0.15, 0.2) is 5.82 Å². The third-order valence-corrected chi connectivity index (χ3v) is 3.24. The van der Waals surface area contributed by atoms with Crippen LogP contribution in [-0.2, 0) is 19.4 Å². The summed E-state index contributed by atoms with van der Waals surface area (Å²) in [4.78, 5) is 17.4. The Morgan fingerprint density at radius 2 is 2.14 bits per heavy atom. The summed E-state index contributed by atoms with van der Waals surface area (Å²) in [5.41, 5.74) is 1.19. The van der Waals surface area contributed by atoms with Gasteiger partial charge in [0.2, 0.25) is 5.89 Å². The van der Waals surface area contributed by atoms with Crippen molar-refractivity contribution in [2.45, 2.75) is 26.3 Å². The van der Waals surface area contributed by atoms with Crippen LogP contribution in [0.1, 0.15) is 34.6 Å². The summed E-state index contributed by atoms with van der Waals surface area (Å²) in [5.74, 6) is 0.397. The van der Waals surface area contributed by atoms with E-state index in [1.165, 1.54) is 0 Å². The molecule has 0 fully saturated rings. The molecule has 0 aliphatic rings. The number of likely N-dealkylation sites (N-methyl/N-ethyl adjacent to an activating group) is 1. The monoisotopic (exact) mass is 289 g/mol. The largest absolute Gasteiger partial charge is 0.478 e. The first-order valence-electron chi connectivity index (χ1n) is 6.91. The van der Waals surface area contributed by atoms with Gasteiger partial charge < -0.3 is 9.63 Å². The molecule has 0 aliphatic heterocycles. The van der Waals surface area contributed by atoms with Crippen LogP contribution in [0.4, 0.5) is 0 Å². The summed E-state index contributed by atoms with van der Waals surface area (Å²) in [6.45, 7) is 3.25. The van der Waals surface area contributed by atoms with Crippen LogP contribution in [0.25, 0.3) is 0 Å². The number of carboxylic acid groups (broad SMARTS) is 1. The van der Waals surface area contributed by atoms with E-state index in [0.717, 1.165) is 12.0 Å². The maximum Gasteiger partial charge on any atom is 0.335 e. The van der Waals surface area contributed by atoms with Crippen LogP contribution in [0.15, 0.2) is 28.8 Å². The lowest BCUT2D eigenvalue weighted by atomic mass is 10.0. The molecule has 2 aromatic rings. The molecule has 0 spiro atoms. The Kier molecular flexibility index (Phi) is 5.05. The highest BCUT2D eigenvalue weighted by Gasteiger charge is 2.11. The van der Waals surface area contributed by atoms with E-state index in [1.807, 2.05) is 31.0 Å². The molecular formula is C15H19N3O3. The lowest BCUT2D eigenvalue weighted by molar-refractivity contribution is 0.0695. The molecule has 1 aromatic heterocycles. The number of aromatic carboxylic acids is 1. The smallest absolute Gasteiger partial charge is 0.335 e. The quantitative estimate of drug-likeness (QED) is 0.840. The number of rotatable bonds is 7. The van der Waals surface area contributed by atoms with E-state index in [0.29, 0.717) is 36.8 Å². The molecule has 1 N–H and O–H groups in total. The SMILES string of the molecule is CCc1noc(CN(C)CCc2ccccc2C(=O)O)n1. The van der Waals surface area contributed by atoms with Crippen LogP contribution in [0, 0.1) is 0 Å². The Morgan fingerprint density at radius 3 is 2.81 bits per heavy atom. The van der Waals surface area contributed by atoms with E-state index in [-0.39, 0.29) is 0 Å². The highest BCUT2D eigenvalue weighted by molar-refractivity contribution is 5.89. The van der Waals surface area contributed by atoms with Gasteiger partial charge in [0.1, 0.15) is 0 Å². The third-order valence-electron chi connectivity index (χ3n) is 3.24. The van der Waals surface area contributed by atoms with Crippen molar-refractivity contribution in [3.8, 4) is 0 Å². The van der Waals surface area contributed by atoms with E-state index in [1.54, 1.807) is 12.1 Å². The maximum atomic E-state index is 11.1. The Labute approximate surface area is 123 Å². The summed E-state index contributed by atoms with van der Waals surface area (Å²) in [5, 5.41) is 13.0. The summed E-state index contributed by atoms with van der Waals surface area (Å²) in [7, 11) is 1.94. The van der Waals surface area contributed by atoms with Gasteiger partial charge in [-0.2, -0.15) is 4.98 Å². The van der Waals surface area contributed by atoms with Crippen molar-refractivity contribution in [3.63, 3.8) is 0 Å². The van der Waals surface area contributed by atoms with Gasteiger partial charge in [0.25, 0.3) is 0 Å². The highest BCUT2D eigenvalue weighted by Crippen LogP contribution is 2.11. The van der Waals surface area contributed by atoms with Crippen LogP contribution < -0.4 is 0 Å². The van der Waals surface area contributed by atoms with Gasteiger partial charge in [-0.25, -0.2) is 4.79 Å². The van der Waals surface area contributed by atoms with Crippen molar-refractivity contribution in [2.75, 3.05) is 13.6 Å². The number of nitrogens with zero attached hydrogens (tertiary/aromatic N) is 3. The van der Waals surface area contributed by atoms with Crippen LogP contribution in [-0.4, -0.2) is 39.7 Å². The molecule has 1 aromatic carbocycles. The van der Waals surface area contributed by atoms with Crippen LogP contribution in [0.2, 0.25) is 0 Å². The molecule has 0 radical (unpaired) electrons. The number of carboxylic acids is 1. The Bertz CT molecular complexity index is 610. The van der Waals surface area contributed by atoms with Crippen LogP contribution in [0.5, 0.6) is 0 Å². The third kappa shape index (κ3) is 4.13. The van der Waals surface area contributed by atoms with Crippen molar-refractivity contribution < 1.29 is 14.4 Å². The summed E-state index contributed by atoms with van der Waals surface area (Å²) in [6.07, 6.45) is 1.41. The molecule has 0 atom stereocenters. The predicted molar refractivity (Wildman–Crippen MR) is 77.1 cm³/mol. The zero-order chi connectivity index (χ0) is 15.2. The number of carbonyl (C=O) groups is 1. The molecular weight excluding hydrogens is 270 g/mol. The predicted octanol–water partition coefficient (Wildman–Crippen LogP) is 2.00. The van der Waals surface area contributed by atoms with Crippen LogP contribution in [0.3, 0.4) is 0 Å². The number of aromatic nitrogens is 2. The second-order valence-corrected chi connectivity index (χ2v) is 4.91. The molecule has 21 heavy (non-hydrogen) atoms. The fourth-order valence-electron chi connectivity index (χ4n) is 2.07. The summed E-state index contributed by atoms with van der Waals surface area (Å²) >= 11 is 0. The molecule has 0 unspecified atom stereocenters. The summed E-state index contributed by atoms with van der Waals surface area (Å²) in [6, 6.07) is 7.07. The molecule has 6 nitrogen and oxygen atoms in total. The lowest BCUT2D eigenvalue weighted by Crippen LogP contribution is -2.21. The minimum absolute atomic E-state index is 0.358. The Hall–Kier alpha value is -2.21. The van der Waals surface area contributed by atoms with E-state index in [9.17, 15) is 4.79 Å². The van der Waals surface area contributed by atoms with Gasteiger partial charge in [-0.1, -0.05) is 30.3 Å². The molecule has 6 heteroatoms. The molecule has 0 saturated carbocycles. The normalized spacial score (nSPS) is 11.0. The first-order valence-corrected chi connectivity index (χ1v) is 6.91. The fourth-order valence-corrected chi connectivity index (χ4v) is 2.07. The molecule has 0 aliphatic carbocycles. The highest BCUT2D eigenvalue weighted by atomic mass is 16.5. The minimum Gasteiger partial charge on any atom is -0.478 e. The number of hydrogen-bond donors (Lipinski definition) is 1. The maximum absolute atomic E-state index is 11.1. The van der Waals surface area contributed by atoms with Crippen molar-refractivity contribution in [1.82, 2.24) is 15.0 Å². The minimum atomic E-state index is -0.891. The second kappa shape index (κ2) is 6.99. The molecule has 0 saturated heterocycles. The topological polar surface area (TPSA) is 79.5 Å². The molecule has 112 valence electrons. The van der Waals surface area contributed by atoms with E-state index in [2.05, 4.69) is 10.1 Å². The van der Waals surface area contributed by atoms with Crippen molar-refractivity contribution in [2.24, 2.45) is 0 Å². The second-order valence-electron chi connectivity index (χ2n) is 4.91. The first kappa shape index (κ1) is 15.2. The van der Waals surface area contributed by atoms with Crippen molar-refractivity contribution in [1.29, 1.82) is 0 Å². The molecule has 0 amide bonds. The van der Waals surface area contributed by atoms with Gasteiger partial charge in [-0.3, -0.25) is 4.90 Å². The average molecular weight is 289 g/mol. The van der Waals surface area contributed by atoms with Crippen LogP contribution >= 0.6 is 0 Å². The van der Waals surface area contributed by atoms with Gasteiger partial charge in [0, 0.05) is 13.0 Å². The lowest BCUT2D eigenvalue weighted by Gasteiger charge is -2.14. The summed E-state index contributed by atoms with van der Waals surface area (Å²) < 4.78 is 5.14. The van der Waals surface area contributed by atoms with Crippen molar-refractivity contribution in [3.05, 3.63) is 47.1 Å². The fraction of sp³-hybridized carbons (Fsp3) is 0.400. The Morgan fingerprint density at radius 1 is 1.38 bits per heavy atom. The zero-order valence-corrected chi connectivity index (χ0v) is 12.2. The van der Waals surface area contributed by atoms with Gasteiger partial charge in [-0.15, -0.1) is 0 Å². The number of aryl methyl sites for hydroxylation is 1. The zero-order valence-electron chi connectivity index (χ0n) is 12.2. The van der Waals surface area contributed by atoms with E-state index in [4.69, 9.17) is 9.63 Å². The Balaban J connectivity index is 1.92. The first-order chi connectivity index (χ1) is 10.1.